The van der Waals surface area contributed by atoms with Gasteiger partial charge >= 0.3 is 12.0 Å². The van der Waals surface area contributed by atoms with E-state index in [0.717, 1.165) is 0 Å². The number of nitrogens with zero attached hydrogens (tertiary/aromatic N) is 3. The Morgan fingerprint density at radius 3 is 2.47 bits per heavy atom. The standard InChI is InChI=1S/C20H16N4O6/c1-2-29-19(26)15-8-6-14(7-9-15)18-22-23-20(30-18)21-17(25)12-5-13-3-10-16(11-4-13)24(27)28/h3-12H,2H2,1H3,(H,21,23,25)/b12-5+. The van der Waals surface area contributed by atoms with Gasteiger partial charge in [-0.3, -0.25) is 20.2 Å². The molecule has 0 saturated carbocycles. The maximum Gasteiger partial charge on any atom is 0.338 e. The minimum Gasteiger partial charge on any atom is -0.462 e. The van der Waals surface area contributed by atoms with Crippen LogP contribution in [0.5, 0.6) is 0 Å². The van der Waals surface area contributed by atoms with Gasteiger partial charge in [0.15, 0.2) is 0 Å². The second-order valence-corrected chi connectivity index (χ2v) is 5.88. The molecular weight excluding hydrogens is 392 g/mol. The molecule has 0 atom stereocenters. The molecular formula is C20H16N4O6. The van der Waals surface area contributed by atoms with Crippen LogP contribution in [-0.4, -0.2) is 33.6 Å². The SMILES string of the molecule is CCOC(=O)c1ccc(-c2nnc(NC(=O)/C=C/c3ccc([N+](=O)[O-])cc3)o2)cc1. The van der Waals surface area contributed by atoms with E-state index in [1.165, 1.54) is 36.4 Å². The Morgan fingerprint density at radius 1 is 1.13 bits per heavy atom. The van der Waals surface area contributed by atoms with Gasteiger partial charge in [-0.2, -0.15) is 0 Å². The van der Waals surface area contributed by atoms with Crippen molar-refractivity contribution in [1.29, 1.82) is 0 Å². The van der Waals surface area contributed by atoms with Crippen LogP contribution in [0.2, 0.25) is 0 Å². The highest BCUT2D eigenvalue weighted by atomic mass is 16.6. The van der Waals surface area contributed by atoms with Crippen molar-refractivity contribution in [3.8, 4) is 11.5 Å². The summed E-state index contributed by atoms with van der Waals surface area (Å²) in [6, 6.07) is 12.0. The molecule has 30 heavy (non-hydrogen) atoms. The lowest BCUT2D eigenvalue weighted by molar-refractivity contribution is -0.384. The zero-order valence-corrected chi connectivity index (χ0v) is 15.8. The van der Waals surface area contributed by atoms with Gasteiger partial charge in [0, 0.05) is 23.8 Å². The number of benzene rings is 2. The molecule has 1 N–H and O–H groups in total. The summed E-state index contributed by atoms with van der Waals surface area (Å²) < 4.78 is 10.3. The van der Waals surface area contributed by atoms with Gasteiger partial charge in [0.2, 0.25) is 5.89 Å². The molecule has 10 heteroatoms. The Bertz CT molecular complexity index is 1090. The van der Waals surface area contributed by atoms with Crippen LogP contribution in [0.25, 0.3) is 17.5 Å². The average molecular weight is 408 g/mol. The summed E-state index contributed by atoms with van der Waals surface area (Å²) in [7, 11) is 0. The maximum absolute atomic E-state index is 12.0. The van der Waals surface area contributed by atoms with Crippen molar-refractivity contribution in [1.82, 2.24) is 10.2 Å². The summed E-state index contributed by atoms with van der Waals surface area (Å²) in [5, 5.41) is 20.7. The number of nitrogens with one attached hydrogen (secondary N) is 1. The topological polar surface area (TPSA) is 137 Å². The molecule has 0 saturated heterocycles. The monoisotopic (exact) mass is 408 g/mol. The van der Waals surface area contributed by atoms with E-state index in [4.69, 9.17) is 9.15 Å². The quantitative estimate of drug-likeness (QED) is 0.271. The molecule has 0 aliphatic heterocycles. The van der Waals surface area contributed by atoms with E-state index in [1.807, 2.05) is 0 Å². The van der Waals surface area contributed by atoms with Crippen LogP contribution in [0.15, 0.2) is 59.0 Å². The minimum absolute atomic E-state index is 0.0368. The third-order valence-corrected chi connectivity index (χ3v) is 3.83. The molecule has 152 valence electrons. The molecule has 3 rings (SSSR count). The third-order valence-electron chi connectivity index (χ3n) is 3.83. The van der Waals surface area contributed by atoms with E-state index < -0.39 is 16.8 Å². The van der Waals surface area contributed by atoms with Gasteiger partial charge in [-0.25, -0.2) is 4.79 Å². The van der Waals surface area contributed by atoms with Gasteiger partial charge in [0.25, 0.3) is 11.6 Å². The molecule has 1 aromatic heterocycles. The van der Waals surface area contributed by atoms with Crippen LogP contribution in [0.4, 0.5) is 11.7 Å². The molecule has 2 aromatic carbocycles. The summed E-state index contributed by atoms with van der Waals surface area (Å²) in [6.07, 6.45) is 2.73. The zero-order valence-electron chi connectivity index (χ0n) is 15.8. The van der Waals surface area contributed by atoms with Crippen LogP contribution in [0.3, 0.4) is 0 Å². The first kappa shape index (κ1) is 20.4. The first-order chi connectivity index (χ1) is 14.5. The highest BCUT2D eigenvalue weighted by molar-refractivity contribution is 6.00. The Morgan fingerprint density at radius 2 is 1.83 bits per heavy atom. The van der Waals surface area contributed by atoms with Gasteiger partial charge in [-0.1, -0.05) is 5.10 Å². The van der Waals surface area contributed by atoms with Crippen molar-refractivity contribution in [2.24, 2.45) is 0 Å². The number of nitro groups is 1. The van der Waals surface area contributed by atoms with Gasteiger partial charge in [0.1, 0.15) is 0 Å². The molecule has 0 aliphatic rings. The summed E-state index contributed by atoms with van der Waals surface area (Å²) in [5.74, 6) is -0.774. The number of esters is 1. The zero-order chi connectivity index (χ0) is 21.5. The smallest absolute Gasteiger partial charge is 0.338 e. The molecule has 1 heterocycles. The summed E-state index contributed by atoms with van der Waals surface area (Å²) >= 11 is 0. The van der Waals surface area contributed by atoms with Crippen molar-refractivity contribution in [2.75, 3.05) is 11.9 Å². The fourth-order valence-electron chi connectivity index (χ4n) is 2.38. The summed E-state index contributed by atoms with van der Waals surface area (Å²) in [4.78, 5) is 33.8. The van der Waals surface area contributed by atoms with Crippen LogP contribution in [0, 0.1) is 10.1 Å². The van der Waals surface area contributed by atoms with Crippen molar-refractivity contribution in [2.45, 2.75) is 6.92 Å². The van der Waals surface area contributed by atoms with Crippen LogP contribution in [-0.2, 0) is 9.53 Å². The van der Waals surface area contributed by atoms with Gasteiger partial charge < -0.3 is 9.15 Å². The van der Waals surface area contributed by atoms with E-state index in [9.17, 15) is 19.7 Å². The normalized spacial score (nSPS) is 10.7. The minimum atomic E-state index is -0.513. The molecule has 10 nitrogen and oxygen atoms in total. The van der Waals surface area contributed by atoms with E-state index in [2.05, 4.69) is 15.5 Å². The van der Waals surface area contributed by atoms with Crippen LogP contribution in [0.1, 0.15) is 22.8 Å². The van der Waals surface area contributed by atoms with Crippen molar-refractivity contribution < 1.29 is 23.7 Å². The summed E-state index contributed by atoms with van der Waals surface area (Å²) in [6.45, 7) is 2.01. The lowest BCUT2D eigenvalue weighted by atomic mass is 10.1. The first-order valence-corrected chi connectivity index (χ1v) is 8.81. The third kappa shape index (κ3) is 5.13. The van der Waals surface area contributed by atoms with Crippen molar-refractivity contribution in [3.05, 3.63) is 75.8 Å². The molecule has 0 unspecified atom stereocenters. The van der Waals surface area contributed by atoms with E-state index >= 15 is 0 Å². The molecule has 0 radical (unpaired) electrons. The molecule has 1 amide bonds. The van der Waals surface area contributed by atoms with E-state index in [-0.39, 0.29) is 24.2 Å². The molecule has 0 fully saturated rings. The first-order valence-electron chi connectivity index (χ1n) is 8.81. The van der Waals surface area contributed by atoms with E-state index in [1.54, 1.807) is 31.2 Å². The number of non-ortho nitro benzene ring substituents is 1. The number of aromatic nitrogens is 2. The van der Waals surface area contributed by atoms with Gasteiger partial charge in [0.05, 0.1) is 17.1 Å². The number of hydrogen-bond donors (Lipinski definition) is 1. The number of carbonyl (C=O) groups is 2. The average Bonchev–Trinajstić information content (AvgIpc) is 3.21. The highest BCUT2D eigenvalue weighted by Crippen LogP contribution is 2.20. The number of anilines is 1. The number of carbonyl (C=O) groups excluding carboxylic acids is 2. The van der Waals surface area contributed by atoms with E-state index in [0.29, 0.717) is 16.7 Å². The predicted molar refractivity (Wildman–Crippen MR) is 106 cm³/mol. The number of rotatable bonds is 7. The Hall–Kier alpha value is -4.34. The summed E-state index contributed by atoms with van der Waals surface area (Å²) in [5.41, 5.74) is 1.54. The highest BCUT2D eigenvalue weighted by Gasteiger charge is 2.12. The molecule has 0 spiro atoms. The molecule has 0 bridgehead atoms. The lowest BCUT2D eigenvalue weighted by Crippen LogP contribution is -2.07. The fourth-order valence-corrected chi connectivity index (χ4v) is 2.38. The van der Waals surface area contributed by atoms with Crippen molar-refractivity contribution >= 4 is 29.7 Å². The second kappa shape index (κ2) is 9.24. The Labute approximate surface area is 170 Å². The number of amides is 1. The second-order valence-electron chi connectivity index (χ2n) is 5.88. The largest absolute Gasteiger partial charge is 0.462 e. The van der Waals surface area contributed by atoms with Gasteiger partial charge in [-0.05, 0) is 55.0 Å². The van der Waals surface area contributed by atoms with Crippen molar-refractivity contribution in [3.63, 3.8) is 0 Å². The Kier molecular flexibility index (Phi) is 6.28. The Balaban J connectivity index is 1.61. The number of ether oxygens (including phenoxy) is 1. The van der Waals surface area contributed by atoms with Gasteiger partial charge in [-0.15, -0.1) is 5.10 Å². The van der Waals surface area contributed by atoms with Crippen LogP contribution >= 0.6 is 0 Å². The predicted octanol–water partition coefficient (Wildman–Crippen LogP) is 3.47. The van der Waals surface area contributed by atoms with Crippen LogP contribution < -0.4 is 5.32 Å². The lowest BCUT2D eigenvalue weighted by Gasteiger charge is -2.01. The molecule has 3 aromatic rings. The number of nitro benzene ring substituents is 1. The fraction of sp³-hybridized carbons (Fsp3) is 0.100. The number of hydrogen-bond acceptors (Lipinski definition) is 8. The maximum atomic E-state index is 12.0. The molecule has 0 aliphatic carbocycles.